The maximum atomic E-state index is 13.1. The quantitative estimate of drug-likeness (QED) is 0.731. The molecule has 1 aromatic carbocycles. The Morgan fingerprint density at radius 3 is 2.19 bits per heavy atom. The van der Waals surface area contributed by atoms with E-state index in [4.69, 9.17) is 0 Å². The van der Waals surface area contributed by atoms with Crippen LogP contribution in [-0.2, 0) is 9.59 Å². The maximum Gasteiger partial charge on any atom is 0.243 e. The van der Waals surface area contributed by atoms with E-state index in [1.165, 1.54) is 50.1 Å². The van der Waals surface area contributed by atoms with Gasteiger partial charge >= 0.3 is 0 Å². The van der Waals surface area contributed by atoms with Gasteiger partial charge in [-0.3, -0.25) is 9.59 Å². The Balaban J connectivity index is 1.41. The lowest BCUT2D eigenvalue weighted by atomic mass is 9.53. The molecule has 27 heavy (non-hydrogen) atoms. The zero-order valence-electron chi connectivity index (χ0n) is 15.7. The number of thioether (sulfide) groups is 1. The van der Waals surface area contributed by atoms with E-state index < -0.39 is 6.04 Å². The summed E-state index contributed by atoms with van der Waals surface area (Å²) in [6.07, 6.45) is 7.23. The van der Waals surface area contributed by atoms with Crippen molar-refractivity contribution in [3.05, 3.63) is 30.1 Å². The van der Waals surface area contributed by atoms with Crippen LogP contribution in [0.2, 0.25) is 0 Å². The summed E-state index contributed by atoms with van der Waals surface area (Å²) in [7, 11) is 0. The molecule has 0 aliphatic heterocycles. The summed E-state index contributed by atoms with van der Waals surface area (Å²) in [6.45, 7) is 1.44. The molecule has 4 saturated carbocycles. The van der Waals surface area contributed by atoms with Crippen molar-refractivity contribution in [3.63, 3.8) is 0 Å². The fourth-order valence-electron chi connectivity index (χ4n) is 5.75. The van der Waals surface area contributed by atoms with Crippen LogP contribution >= 0.6 is 11.8 Å². The van der Waals surface area contributed by atoms with Gasteiger partial charge in [0.1, 0.15) is 11.9 Å². The van der Waals surface area contributed by atoms with Crippen molar-refractivity contribution in [1.29, 1.82) is 0 Å². The molecule has 1 atom stereocenters. The fourth-order valence-corrected chi connectivity index (χ4v) is 6.67. The molecular weight excluding hydrogens is 363 g/mol. The number of amides is 2. The third-order valence-electron chi connectivity index (χ3n) is 6.35. The molecule has 4 nitrogen and oxygen atoms in total. The van der Waals surface area contributed by atoms with Crippen molar-refractivity contribution in [2.24, 2.45) is 17.8 Å². The maximum absolute atomic E-state index is 13.1. The summed E-state index contributed by atoms with van der Waals surface area (Å²) >= 11 is 1.46. The van der Waals surface area contributed by atoms with Gasteiger partial charge in [-0.2, -0.15) is 0 Å². The Morgan fingerprint density at radius 1 is 1.11 bits per heavy atom. The number of hydrogen-bond donors (Lipinski definition) is 2. The van der Waals surface area contributed by atoms with Gasteiger partial charge < -0.3 is 10.6 Å². The van der Waals surface area contributed by atoms with E-state index in [0.717, 1.165) is 41.9 Å². The number of carbonyl (C=O) groups excluding carboxylic acids is 2. The first kappa shape index (κ1) is 18.8. The van der Waals surface area contributed by atoms with Gasteiger partial charge in [0.15, 0.2) is 0 Å². The second-order valence-electron chi connectivity index (χ2n) is 8.71. The minimum absolute atomic E-state index is 0.0664. The monoisotopic (exact) mass is 390 g/mol. The molecule has 4 aliphatic carbocycles. The van der Waals surface area contributed by atoms with Crippen molar-refractivity contribution < 1.29 is 14.0 Å². The van der Waals surface area contributed by atoms with Crippen LogP contribution in [0.5, 0.6) is 0 Å². The van der Waals surface area contributed by atoms with Gasteiger partial charge in [-0.25, -0.2) is 4.39 Å². The summed E-state index contributed by atoms with van der Waals surface area (Å²) in [5.41, 5.74) is -0.0664. The van der Waals surface area contributed by atoms with Crippen LogP contribution in [0, 0.1) is 23.6 Å². The van der Waals surface area contributed by atoms with Gasteiger partial charge in [-0.1, -0.05) is 0 Å². The highest BCUT2D eigenvalue weighted by atomic mass is 32.2. The summed E-state index contributed by atoms with van der Waals surface area (Å²) < 4.78 is 13.1. The zero-order chi connectivity index (χ0) is 19.0. The summed E-state index contributed by atoms with van der Waals surface area (Å²) in [4.78, 5) is 25.6. The summed E-state index contributed by atoms with van der Waals surface area (Å²) in [6, 6.07) is 5.63. The van der Waals surface area contributed by atoms with Gasteiger partial charge in [0.05, 0.1) is 0 Å². The molecule has 4 bridgehead atoms. The fraction of sp³-hybridized carbons (Fsp3) is 0.619. The first-order valence-corrected chi connectivity index (χ1v) is 10.9. The van der Waals surface area contributed by atoms with Crippen LogP contribution in [0.25, 0.3) is 0 Å². The number of nitrogens with one attached hydrogen (secondary N) is 2. The van der Waals surface area contributed by atoms with Gasteiger partial charge in [-0.15, -0.1) is 11.8 Å². The van der Waals surface area contributed by atoms with Crippen molar-refractivity contribution in [2.75, 3.05) is 5.75 Å². The van der Waals surface area contributed by atoms with Crippen molar-refractivity contribution in [2.45, 2.75) is 61.9 Å². The molecule has 146 valence electrons. The van der Waals surface area contributed by atoms with E-state index in [-0.39, 0.29) is 23.2 Å². The molecule has 0 saturated heterocycles. The minimum Gasteiger partial charge on any atom is -0.349 e. The second kappa shape index (κ2) is 7.46. The highest BCUT2D eigenvalue weighted by Crippen LogP contribution is 2.55. The van der Waals surface area contributed by atoms with E-state index in [0.29, 0.717) is 5.75 Å². The molecular formula is C21H27FN2O2S. The molecule has 6 heteroatoms. The van der Waals surface area contributed by atoms with Gasteiger partial charge in [0.25, 0.3) is 0 Å². The van der Waals surface area contributed by atoms with Gasteiger partial charge in [0, 0.05) is 23.1 Å². The van der Waals surface area contributed by atoms with E-state index in [2.05, 4.69) is 10.6 Å². The molecule has 4 aliphatic rings. The van der Waals surface area contributed by atoms with E-state index in [1.807, 2.05) is 0 Å². The molecule has 2 amide bonds. The van der Waals surface area contributed by atoms with Crippen molar-refractivity contribution in [3.8, 4) is 0 Å². The first-order chi connectivity index (χ1) is 12.9. The molecule has 0 radical (unpaired) electrons. The summed E-state index contributed by atoms with van der Waals surface area (Å²) in [5, 5.41) is 6.15. The molecule has 1 aromatic rings. The van der Waals surface area contributed by atoms with Crippen LogP contribution in [0.1, 0.15) is 45.4 Å². The number of benzene rings is 1. The van der Waals surface area contributed by atoms with Gasteiger partial charge in [0.2, 0.25) is 11.8 Å². The predicted molar refractivity (Wildman–Crippen MR) is 104 cm³/mol. The van der Waals surface area contributed by atoms with Crippen molar-refractivity contribution >= 4 is 23.6 Å². The SMILES string of the molecule is CC(=O)NC(CSc1ccc(F)cc1)C(=O)NC12CC3CC(CC(C3)C1)C2. The lowest BCUT2D eigenvalue weighted by Crippen LogP contribution is -2.63. The molecule has 0 heterocycles. The normalized spacial score (nSPS) is 32.1. The molecule has 2 N–H and O–H groups in total. The zero-order valence-corrected chi connectivity index (χ0v) is 16.5. The summed E-state index contributed by atoms with van der Waals surface area (Å²) in [5.74, 6) is 2.13. The Kier molecular flexibility index (Phi) is 5.19. The van der Waals surface area contributed by atoms with Crippen LogP contribution in [0.3, 0.4) is 0 Å². The molecule has 1 unspecified atom stereocenters. The number of rotatable bonds is 6. The highest BCUT2D eigenvalue weighted by Gasteiger charge is 2.51. The molecule has 5 rings (SSSR count). The van der Waals surface area contributed by atoms with E-state index >= 15 is 0 Å². The third-order valence-corrected chi connectivity index (χ3v) is 7.46. The van der Waals surface area contributed by atoms with Crippen LogP contribution < -0.4 is 10.6 Å². The topological polar surface area (TPSA) is 58.2 Å². The van der Waals surface area contributed by atoms with Crippen LogP contribution in [0.4, 0.5) is 4.39 Å². The first-order valence-electron chi connectivity index (χ1n) is 9.88. The van der Waals surface area contributed by atoms with E-state index in [9.17, 15) is 14.0 Å². The third kappa shape index (κ3) is 4.31. The second-order valence-corrected chi connectivity index (χ2v) is 9.80. The standard InChI is InChI=1S/C21H27FN2O2S/c1-13(25)23-19(12-27-18-4-2-17(22)3-5-18)20(26)24-21-9-14-6-15(10-21)8-16(7-14)11-21/h2-5,14-16,19H,6-12H2,1H3,(H,23,25)(H,24,26). The largest absolute Gasteiger partial charge is 0.349 e. The number of hydrogen-bond acceptors (Lipinski definition) is 3. The predicted octanol–water partition coefficient (Wildman–Crippen LogP) is 3.51. The Hall–Kier alpha value is -1.56. The smallest absolute Gasteiger partial charge is 0.243 e. The van der Waals surface area contributed by atoms with Crippen LogP contribution in [-0.4, -0.2) is 29.1 Å². The number of halogens is 1. The van der Waals surface area contributed by atoms with Crippen molar-refractivity contribution in [1.82, 2.24) is 10.6 Å². The molecule has 4 fully saturated rings. The minimum atomic E-state index is -0.578. The lowest BCUT2D eigenvalue weighted by molar-refractivity contribution is -0.131. The lowest BCUT2D eigenvalue weighted by Gasteiger charge is -2.57. The molecule has 0 aromatic heterocycles. The average molecular weight is 391 g/mol. The Labute approximate surface area is 164 Å². The molecule has 0 spiro atoms. The Bertz CT molecular complexity index is 686. The highest BCUT2D eigenvalue weighted by molar-refractivity contribution is 7.99. The Morgan fingerprint density at radius 2 is 1.67 bits per heavy atom. The van der Waals surface area contributed by atoms with E-state index in [1.54, 1.807) is 12.1 Å². The number of carbonyl (C=O) groups is 2. The average Bonchev–Trinajstić information content (AvgIpc) is 2.58. The van der Waals surface area contributed by atoms with Gasteiger partial charge in [-0.05, 0) is 80.5 Å². The van der Waals surface area contributed by atoms with Crippen LogP contribution in [0.15, 0.2) is 29.2 Å².